The second-order valence-corrected chi connectivity index (χ2v) is 4.73. The van der Waals surface area contributed by atoms with Crippen LogP contribution in [0.3, 0.4) is 0 Å². The van der Waals surface area contributed by atoms with Gasteiger partial charge in [0.2, 0.25) is 0 Å². The van der Waals surface area contributed by atoms with Crippen LogP contribution >= 0.6 is 0 Å². The Balaban J connectivity index is 2.53. The maximum atomic E-state index is 11.3. The normalized spacial score (nSPS) is 28.1. The lowest BCUT2D eigenvalue weighted by Crippen LogP contribution is -2.38. The van der Waals surface area contributed by atoms with E-state index in [-0.39, 0.29) is 12.4 Å². The third kappa shape index (κ3) is 4.20. The number of carbonyl (C=O) groups is 1. The van der Waals surface area contributed by atoms with Gasteiger partial charge in [0.05, 0.1) is 19.3 Å². The van der Waals surface area contributed by atoms with E-state index < -0.39 is 30.7 Å². The first-order valence-electron chi connectivity index (χ1n) is 6.19. The maximum absolute atomic E-state index is 11.3. The van der Waals surface area contributed by atoms with Crippen LogP contribution in [-0.2, 0) is 19.0 Å². The van der Waals surface area contributed by atoms with Crippen molar-refractivity contribution in [3.05, 3.63) is 0 Å². The summed E-state index contributed by atoms with van der Waals surface area (Å²) in [5.74, 6) is -1.12. The summed E-state index contributed by atoms with van der Waals surface area (Å²) in [5, 5.41) is 18.6. The molecule has 0 aromatic rings. The van der Waals surface area contributed by atoms with Gasteiger partial charge in [-0.3, -0.25) is 4.79 Å². The quantitative estimate of drug-likeness (QED) is 0.665. The Kier molecular flexibility index (Phi) is 5.52. The van der Waals surface area contributed by atoms with Crippen LogP contribution in [0, 0.1) is 0 Å². The van der Waals surface area contributed by atoms with Crippen LogP contribution in [0.2, 0.25) is 0 Å². The highest BCUT2D eigenvalue weighted by atomic mass is 16.8. The summed E-state index contributed by atoms with van der Waals surface area (Å²) in [7, 11) is 0. The van der Waals surface area contributed by atoms with E-state index in [0.717, 1.165) is 0 Å². The van der Waals surface area contributed by atoms with Crippen LogP contribution in [0.15, 0.2) is 0 Å². The Morgan fingerprint density at radius 2 is 2.11 bits per heavy atom. The van der Waals surface area contributed by atoms with Gasteiger partial charge in [-0.25, -0.2) is 0 Å². The number of aliphatic hydroxyl groups excluding tert-OH is 2. The molecule has 0 aromatic carbocycles. The van der Waals surface area contributed by atoms with Crippen LogP contribution in [0.5, 0.6) is 0 Å². The van der Waals surface area contributed by atoms with E-state index in [1.165, 1.54) is 0 Å². The number of hydrogen-bond acceptors (Lipinski definition) is 6. The van der Waals surface area contributed by atoms with Crippen LogP contribution < -0.4 is 0 Å². The molecule has 0 spiro atoms. The number of esters is 1. The molecule has 1 rings (SSSR count). The van der Waals surface area contributed by atoms with Gasteiger partial charge < -0.3 is 24.4 Å². The van der Waals surface area contributed by atoms with Gasteiger partial charge in [-0.05, 0) is 27.2 Å². The number of hydrogen-bond donors (Lipinski definition) is 2. The number of ether oxygens (including phenoxy) is 3. The molecular formula is C12H22O6. The Hall–Kier alpha value is -0.690. The summed E-state index contributed by atoms with van der Waals surface area (Å²) in [6.45, 7) is 5.15. The summed E-state index contributed by atoms with van der Waals surface area (Å²) in [6, 6.07) is 0. The van der Waals surface area contributed by atoms with Crippen molar-refractivity contribution in [3.63, 3.8) is 0 Å². The molecule has 0 radical (unpaired) electrons. The molecule has 1 saturated heterocycles. The summed E-state index contributed by atoms with van der Waals surface area (Å²) in [4.78, 5) is 11.3. The van der Waals surface area contributed by atoms with Crippen molar-refractivity contribution in [2.45, 2.75) is 57.7 Å². The van der Waals surface area contributed by atoms with E-state index in [4.69, 9.17) is 19.3 Å². The van der Waals surface area contributed by atoms with Gasteiger partial charge in [0, 0.05) is 6.42 Å². The van der Waals surface area contributed by atoms with E-state index in [9.17, 15) is 9.90 Å². The largest absolute Gasteiger partial charge is 0.466 e. The van der Waals surface area contributed by atoms with Crippen LogP contribution in [0.4, 0.5) is 0 Å². The lowest BCUT2D eigenvalue weighted by molar-refractivity contribution is -0.158. The summed E-state index contributed by atoms with van der Waals surface area (Å²) in [6.07, 6.45) is -1.47. The molecule has 6 heteroatoms. The molecule has 0 saturated carbocycles. The van der Waals surface area contributed by atoms with Crippen molar-refractivity contribution in [3.8, 4) is 0 Å². The van der Waals surface area contributed by atoms with Gasteiger partial charge >= 0.3 is 5.97 Å². The first kappa shape index (κ1) is 15.4. The minimum Gasteiger partial charge on any atom is -0.466 e. The van der Waals surface area contributed by atoms with Gasteiger partial charge in [0.1, 0.15) is 12.2 Å². The van der Waals surface area contributed by atoms with Crippen LogP contribution in [0.1, 0.15) is 33.6 Å². The predicted octanol–water partition coefficient (Wildman–Crippen LogP) is 0.203. The third-order valence-electron chi connectivity index (χ3n) is 2.73. The van der Waals surface area contributed by atoms with E-state index in [1.54, 1.807) is 20.8 Å². The monoisotopic (exact) mass is 262 g/mol. The zero-order valence-electron chi connectivity index (χ0n) is 11.1. The van der Waals surface area contributed by atoms with E-state index in [0.29, 0.717) is 13.0 Å². The lowest BCUT2D eigenvalue weighted by atomic mass is 10.0. The Bertz CT molecular complexity index is 278. The lowest BCUT2D eigenvalue weighted by Gasteiger charge is -2.20. The summed E-state index contributed by atoms with van der Waals surface area (Å²) < 4.78 is 16.0. The van der Waals surface area contributed by atoms with Gasteiger partial charge in [0.15, 0.2) is 5.79 Å². The van der Waals surface area contributed by atoms with Gasteiger partial charge in [-0.15, -0.1) is 0 Å². The molecule has 0 unspecified atom stereocenters. The molecule has 1 aliphatic heterocycles. The fourth-order valence-electron chi connectivity index (χ4n) is 2.01. The van der Waals surface area contributed by atoms with Crippen molar-refractivity contribution in [2.75, 3.05) is 13.2 Å². The average molecular weight is 262 g/mol. The fraction of sp³-hybridized carbons (Fsp3) is 0.917. The molecule has 0 aliphatic carbocycles. The van der Waals surface area contributed by atoms with Gasteiger partial charge in [0.25, 0.3) is 0 Å². The number of rotatable bonds is 6. The molecule has 2 N–H and O–H groups in total. The average Bonchev–Trinajstić information content (AvgIpc) is 2.61. The molecule has 3 atom stereocenters. The van der Waals surface area contributed by atoms with E-state index in [1.807, 2.05) is 0 Å². The standard InChI is InChI=1S/C12H22O6/c1-4-16-10(15)6-5-9-11(8(14)7-13)18-12(2,3)17-9/h8-9,11,13-14H,4-7H2,1-3H3/t8-,9+,11-/m1/s1. The SMILES string of the molecule is CCOC(=O)CC[C@@H]1OC(C)(C)O[C@@H]1[C@H](O)CO. The minimum atomic E-state index is -1.01. The third-order valence-corrected chi connectivity index (χ3v) is 2.73. The molecular weight excluding hydrogens is 240 g/mol. The van der Waals surface area contributed by atoms with Crippen LogP contribution in [0.25, 0.3) is 0 Å². The smallest absolute Gasteiger partial charge is 0.305 e. The highest BCUT2D eigenvalue weighted by Gasteiger charge is 2.44. The van der Waals surface area contributed by atoms with E-state index in [2.05, 4.69) is 0 Å². The predicted molar refractivity (Wildman–Crippen MR) is 62.8 cm³/mol. The number of carbonyl (C=O) groups excluding carboxylic acids is 1. The Morgan fingerprint density at radius 1 is 1.44 bits per heavy atom. The number of aliphatic hydroxyl groups is 2. The molecule has 106 valence electrons. The highest BCUT2D eigenvalue weighted by molar-refractivity contribution is 5.69. The summed E-state index contributed by atoms with van der Waals surface area (Å²) in [5.41, 5.74) is 0. The first-order chi connectivity index (χ1) is 8.39. The zero-order chi connectivity index (χ0) is 13.8. The summed E-state index contributed by atoms with van der Waals surface area (Å²) >= 11 is 0. The molecule has 0 bridgehead atoms. The van der Waals surface area contributed by atoms with E-state index >= 15 is 0 Å². The second-order valence-electron chi connectivity index (χ2n) is 4.73. The van der Waals surface area contributed by atoms with Crippen molar-refractivity contribution in [2.24, 2.45) is 0 Å². The van der Waals surface area contributed by atoms with Crippen molar-refractivity contribution in [1.29, 1.82) is 0 Å². The molecule has 1 fully saturated rings. The molecule has 1 aliphatic rings. The molecule has 0 aromatic heterocycles. The molecule has 18 heavy (non-hydrogen) atoms. The maximum Gasteiger partial charge on any atom is 0.305 e. The van der Waals surface area contributed by atoms with Crippen molar-refractivity contribution >= 4 is 5.97 Å². The topological polar surface area (TPSA) is 85.2 Å². The van der Waals surface area contributed by atoms with Gasteiger partial charge in [-0.2, -0.15) is 0 Å². The second kappa shape index (κ2) is 6.47. The Morgan fingerprint density at radius 3 is 2.67 bits per heavy atom. The fourth-order valence-corrected chi connectivity index (χ4v) is 2.01. The zero-order valence-corrected chi connectivity index (χ0v) is 11.1. The van der Waals surface area contributed by atoms with Crippen LogP contribution in [-0.4, -0.2) is 53.5 Å². The van der Waals surface area contributed by atoms with Gasteiger partial charge in [-0.1, -0.05) is 0 Å². The Labute approximate surface area is 107 Å². The first-order valence-corrected chi connectivity index (χ1v) is 6.19. The molecule has 6 nitrogen and oxygen atoms in total. The molecule has 1 heterocycles. The highest BCUT2D eigenvalue weighted by Crippen LogP contribution is 2.32. The molecule has 0 amide bonds. The van der Waals surface area contributed by atoms with Crippen molar-refractivity contribution in [1.82, 2.24) is 0 Å². The van der Waals surface area contributed by atoms with Crippen molar-refractivity contribution < 1.29 is 29.2 Å². The minimum absolute atomic E-state index is 0.201.